The molecule has 0 aliphatic carbocycles. The van der Waals surface area contributed by atoms with Crippen LogP contribution in [0.1, 0.15) is 12.6 Å². The summed E-state index contributed by atoms with van der Waals surface area (Å²) in [6.07, 6.45) is 1.91. The minimum Gasteiger partial charge on any atom is -0.304 e. The van der Waals surface area contributed by atoms with Crippen molar-refractivity contribution in [1.82, 2.24) is 15.1 Å². The molecule has 0 bridgehead atoms. The summed E-state index contributed by atoms with van der Waals surface area (Å²) in [6, 6.07) is 1.97. The number of aryl methyl sites for hydroxylation is 1. The number of nitrogens with zero attached hydrogens (tertiary/aromatic N) is 2. The molecule has 0 radical (unpaired) electrons. The predicted molar refractivity (Wildman–Crippen MR) is 59.9 cm³/mol. The summed E-state index contributed by atoms with van der Waals surface area (Å²) in [5, 5.41) is 7.54. The highest BCUT2D eigenvalue weighted by Crippen LogP contribution is 2.09. The van der Waals surface area contributed by atoms with E-state index in [-0.39, 0.29) is 5.54 Å². The van der Waals surface area contributed by atoms with Gasteiger partial charge in [0.1, 0.15) is 0 Å². The van der Waals surface area contributed by atoms with Gasteiger partial charge < -0.3 is 5.32 Å². The lowest BCUT2D eigenvalue weighted by Gasteiger charge is -2.25. The summed E-state index contributed by atoms with van der Waals surface area (Å²) >= 11 is 11.6. The highest BCUT2D eigenvalue weighted by atomic mass is 35.5. The monoisotopic (exact) mass is 235 g/mol. The minimum atomic E-state index is -0.222. The molecule has 1 aromatic rings. The van der Waals surface area contributed by atoms with Gasteiger partial charge in [-0.1, -0.05) is 0 Å². The van der Waals surface area contributed by atoms with E-state index in [1.165, 1.54) is 0 Å². The van der Waals surface area contributed by atoms with Gasteiger partial charge in [0, 0.05) is 37.1 Å². The van der Waals surface area contributed by atoms with Crippen LogP contribution in [0.15, 0.2) is 12.3 Å². The molecule has 0 saturated heterocycles. The van der Waals surface area contributed by atoms with Crippen molar-refractivity contribution in [2.75, 3.05) is 11.8 Å². The van der Waals surface area contributed by atoms with Crippen LogP contribution >= 0.6 is 23.2 Å². The number of aromatic nitrogens is 2. The molecule has 0 unspecified atom stereocenters. The Labute approximate surface area is 94.4 Å². The zero-order chi connectivity index (χ0) is 10.6. The van der Waals surface area contributed by atoms with E-state index in [1.54, 1.807) is 4.68 Å². The summed E-state index contributed by atoms with van der Waals surface area (Å²) in [5.41, 5.74) is 0.773. The first-order valence-electron chi connectivity index (χ1n) is 4.45. The number of hydrogen-bond donors (Lipinski definition) is 1. The smallest absolute Gasteiger partial charge is 0.0762 e. The average Bonchev–Trinajstić information content (AvgIpc) is 2.61. The number of nitrogens with one attached hydrogen (secondary N) is 1. The maximum Gasteiger partial charge on any atom is 0.0762 e. The van der Waals surface area contributed by atoms with Gasteiger partial charge in [0.2, 0.25) is 0 Å². The van der Waals surface area contributed by atoms with Crippen LogP contribution in [0.5, 0.6) is 0 Å². The molecule has 3 nitrogen and oxygen atoms in total. The Morgan fingerprint density at radius 1 is 1.50 bits per heavy atom. The predicted octanol–water partition coefficient (Wildman–Crippen LogP) is 1.75. The van der Waals surface area contributed by atoms with Crippen LogP contribution in [-0.4, -0.2) is 27.1 Å². The molecular weight excluding hydrogens is 221 g/mol. The van der Waals surface area contributed by atoms with Crippen molar-refractivity contribution in [3.8, 4) is 0 Å². The first-order valence-corrected chi connectivity index (χ1v) is 5.52. The maximum absolute atomic E-state index is 5.81. The van der Waals surface area contributed by atoms with Crippen molar-refractivity contribution in [3.05, 3.63) is 18.0 Å². The largest absolute Gasteiger partial charge is 0.304 e. The fourth-order valence-electron chi connectivity index (χ4n) is 0.992. The Hall–Kier alpha value is -0.250. The fourth-order valence-corrected chi connectivity index (χ4v) is 1.47. The van der Waals surface area contributed by atoms with Gasteiger partial charge >= 0.3 is 0 Å². The molecule has 0 atom stereocenters. The molecule has 0 saturated carbocycles. The zero-order valence-corrected chi connectivity index (χ0v) is 9.94. The van der Waals surface area contributed by atoms with Crippen molar-refractivity contribution >= 4 is 23.2 Å². The maximum atomic E-state index is 5.81. The highest BCUT2D eigenvalue weighted by Gasteiger charge is 2.21. The minimum absolute atomic E-state index is 0.222. The third kappa shape index (κ3) is 3.15. The van der Waals surface area contributed by atoms with Crippen LogP contribution < -0.4 is 5.32 Å². The molecule has 80 valence electrons. The molecule has 0 aliphatic heterocycles. The molecule has 0 aromatic carbocycles. The zero-order valence-electron chi connectivity index (χ0n) is 8.43. The summed E-state index contributed by atoms with van der Waals surface area (Å²) < 4.78 is 1.77. The fraction of sp³-hybridized carbons (Fsp3) is 0.667. The Balaban J connectivity index is 2.47. The lowest BCUT2D eigenvalue weighted by molar-refractivity contribution is 0.430. The van der Waals surface area contributed by atoms with Gasteiger partial charge in [0.25, 0.3) is 0 Å². The SMILES string of the molecule is Cn1ccc(CNC(C)(CCl)CCl)n1. The van der Waals surface area contributed by atoms with Crippen molar-refractivity contribution in [3.63, 3.8) is 0 Å². The second-order valence-electron chi connectivity index (χ2n) is 3.66. The molecule has 0 aliphatic rings. The Morgan fingerprint density at radius 3 is 2.57 bits per heavy atom. The van der Waals surface area contributed by atoms with Gasteiger partial charge in [-0.15, -0.1) is 23.2 Å². The van der Waals surface area contributed by atoms with E-state index in [4.69, 9.17) is 23.2 Å². The topological polar surface area (TPSA) is 29.9 Å². The second-order valence-corrected chi connectivity index (χ2v) is 4.20. The van der Waals surface area contributed by atoms with Gasteiger partial charge in [-0.25, -0.2) is 0 Å². The van der Waals surface area contributed by atoms with E-state index in [0.717, 1.165) is 5.69 Å². The van der Waals surface area contributed by atoms with Crippen LogP contribution in [0.2, 0.25) is 0 Å². The molecule has 1 N–H and O–H groups in total. The first kappa shape index (κ1) is 11.8. The lowest BCUT2D eigenvalue weighted by Crippen LogP contribution is -2.45. The molecule has 14 heavy (non-hydrogen) atoms. The van der Waals surface area contributed by atoms with E-state index in [2.05, 4.69) is 10.4 Å². The van der Waals surface area contributed by atoms with E-state index in [1.807, 2.05) is 26.2 Å². The summed E-state index contributed by atoms with van der Waals surface area (Å²) in [4.78, 5) is 0. The quantitative estimate of drug-likeness (QED) is 0.789. The van der Waals surface area contributed by atoms with Crippen molar-refractivity contribution < 1.29 is 0 Å². The number of hydrogen-bond acceptors (Lipinski definition) is 2. The van der Waals surface area contributed by atoms with Crippen molar-refractivity contribution in [2.45, 2.75) is 19.0 Å². The highest BCUT2D eigenvalue weighted by molar-refractivity contribution is 6.22. The molecule has 0 spiro atoms. The molecule has 1 rings (SSSR count). The van der Waals surface area contributed by atoms with Gasteiger partial charge in [-0.05, 0) is 13.0 Å². The van der Waals surface area contributed by atoms with Gasteiger partial charge in [0.05, 0.1) is 5.69 Å². The van der Waals surface area contributed by atoms with Gasteiger partial charge in [-0.3, -0.25) is 4.68 Å². The molecule has 0 fully saturated rings. The van der Waals surface area contributed by atoms with Crippen molar-refractivity contribution in [2.24, 2.45) is 7.05 Å². The molecule has 0 amide bonds. The lowest BCUT2D eigenvalue weighted by atomic mass is 10.1. The van der Waals surface area contributed by atoms with Crippen LogP contribution in [0.3, 0.4) is 0 Å². The Bertz CT molecular complexity index is 281. The van der Waals surface area contributed by atoms with Gasteiger partial charge in [0.15, 0.2) is 0 Å². The first-order chi connectivity index (χ1) is 6.59. The molecular formula is C9H15Cl2N3. The van der Waals surface area contributed by atoms with E-state index in [9.17, 15) is 0 Å². The molecule has 5 heteroatoms. The average molecular weight is 236 g/mol. The van der Waals surface area contributed by atoms with Crippen LogP contribution in [0.4, 0.5) is 0 Å². The van der Waals surface area contributed by atoms with Crippen molar-refractivity contribution in [1.29, 1.82) is 0 Å². The van der Waals surface area contributed by atoms with Gasteiger partial charge in [-0.2, -0.15) is 5.10 Å². The Kier molecular flexibility index (Phi) is 4.23. The van der Waals surface area contributed by atoms with E-state index < -0.39 is 0 Å². The second kappa shape index (κ2) is 5.01. The third-order valence-electron chi connectivity index (χ3n) is 2.05. The summed E-state index contributed by atoms with van der Waals surface area (Å²) in [7, 11) is 1.89. The number of halogens is 2. The van der Waals surface area contributed by atoms with Crippen LogP contribution in [-0.2, 0) is 13.6 Å². The molecule has 1 aromatic heterocycles. The Morgan fingerprint density at radius 2 is 2.14 bits per heavy atom. The van der Waals surface area contributed by atoms with Crippen LogP contribution in [0, 0.1) is 0 Å². The summed E-state index contributed by atoms with van der Waals surface area (Å²) in [6.45, 7) is 2.69. The van der Waals surface area contributed by atoms with Crippen LogP contribution in [0.25, 0.3) is 0 Å². The number of rotatable bonds is 5. The number of alkyl halides is 2. The summed E-state index contributed by atoms with van der Waals surface area (Å²) in [5.74, 6) is 0.979. The standard InChI is InChI=1S/C9H15Cl2N3/c1-9(6-10,7-11)12-5-8-3-4-14(2)13-8/h3-4,12H,5-7H2,1-2H3. The third-order valence-corrected chi connectivity index (χ3v) is 3.23. The molecule has 1 heterocycles. The normalized spacial score (nSPS) is 12.0. The van der Waals surface area contributed by atoms with E-state index in [0.29, 0.717) is 18.3 Å². The van der Waals surface area contributed by atoms with E-state index >= 15 is 0 Å².